The molecule has 4 heteroatoms. The van der Waals surface area contributed by atoms with Gasteiger partial charge in [0.25, 0.3) is 0 Å². The van der Waals surface area contributed by atoms with Crippen LogP contribution in [0, 0.1) is 0 Å². The molecule has 0 nitrogen and oxygen atoms in total. The van der Waals surface area contributed by atoms with E-state index in [0.29, 0.717) is 0 Å². The average molecular weight is 414 g/mol. The molecule has 0 aromatic rings. The van der Waals surface area contributed by atoms with Crippen LogP contribution in [0.1, 0.15) is 2.85 Å². The van der Waals surface area contributed by atoms with Crippen LogP contribution in [0.25, 0.3) is 0 Å². The van der Waals surface area contributed by atoms with Crippen LogP contribution in [0.4, 0.5) is 0 Å². The Morgan fingerprint density at radius 2 is 1.25 bits per heavy atom. The average Bonchev–Trinajstić information content (AvgIpc) is 0. The van der Waals surface area contributed by atoms with E-state index in [1.807, 2.05) is 0 Å². The zero-order valence-corrected chi connectivity index (χ0v) is 14.6. The van der Waals surface area contributed by atoms with Gasteiger partial charge in [0.05, 0.1) is 0 Å². The van der Waals surface area contributed by atoms with Crippen LogP contribution in [-0.2, 0) is 17.1 Å². The van der Waals surface area contributed by atoms with Crippen LogP contribution in [0.5, 0.6) is 0 Å². The summed E-state index contributed by atoms with van der Waals surface area (Å²) in [4.78, 5) is 0. The molecule has 0 fully saturated rings. The molecule has 0 heterocycles. The second-order valence-electron chi connectivity index (χ2n) is 0. The van der Waals surface area contributed by atoms with Crippen LogP contribution in [0.15, 0.2) is 0 Å². The Morgan fingerprint density at radius 1 is 1.25 bits per heavy atom. The molecule has 0 spiro atoms. The molecule has 0 amide bonds. The predicted octanol–water partition coefficient (Wildman–Crippen LogP) is -2.26. The van der Waals surface area contributed by atoms with Crippen molar-refractivity contribution in [1.82, 2.24) is 0 Å². The van der Waals surface area contributed by atoms with Crippen LogP contribution in [0.2, 0.25) is 0 Å². The summed E-state index contributed by atoms with van der Waals surface area (Å²) in [7, 11) is 0. The molecule has 0 N–H and O–H groups in total. The number of hydrogen-bond donors (Lipinski definition) is 0. The van der Waals surface area contributed by atoms with Crippen molar-refractivity contribution in [1.29, 1.82) is 0 Å². The fraction of sp³-hybridized carbons (Fsp3) is 0. The van der Waals surface area contributed by atoms with Crippen LogP contribution in [0.3, 0.4) is 0 Å². The summed E-state index contributed by atoms with van der Waals surface area (Å²) >= 11 is 0. The Hall–Kier alpha value is 2.97. The van der Waals surface area contributed by atoms with Crippen LogP contribution >= 0.6 is 0 Å². The van der Waals surface area contributed by atoms with Crippen LogP contribution in [-0.4, -0.2) is 73.2 Å². The molecular weight excluding hydrogens is 407 g/mol. The number of hydrogen-bond acceptors (Lipinski definition) is 0. The first-order valence-corrected chi connectivity index (χ1v) is 0. The quantitative estimate of drug-likeness (QED) is 0.393. The van der Waals surface area contributed by atoms with Crippen molar-refractivity contribution < 1.29 is 19.9 Å². The van der Waals surface area contributed by atoms with Crippen molar-refractivity contribution >= 4 is 73.2 Å². The normalized spacial score (nSPS) is 0. The van der Waals surface area contributed by atoms with E-state index in [1.165, 1.54) is 0 Å². The van der Waals surface area contributed by atoms with E-state index in [0.717, 1.165) is 0 Å². The van der Waals surface area contributed by atoms with Crippen molar-refractivity contribution in [2.45, 2.75) is 0 Å². The first-order valence-electron chi connectivity index (χ1n) is 0. The molecule has 0 aromatic heterocycles. The molecule has 0 bridgehead atoms. The standard InChI is InChI=1S/Bi.Mg.Mn.Sn.7H/q;+2;;;;;;;;2*-1. The summed E-state index contributed by atoms with van der Waals surface area (Å²) in [5, 5.41) is 0. The molecule has 0 aliphatic carbocycles. The second-order valence-corrected chi connectivity index (χ2v) is 0. The molecule has 0 rings (SSSR count). The van der Waals surface area contributed by atoms with Crippen molar-refractivity contribution in [3.05, 3.63) is 0 Å². The Bertz CT molecular complexity index is 13.5. The zero-order valence-electron chi connectivity index (χ0n) is 4.50. The molecule has 3 radical (unpaired) electrons. The third-order valence-corrected chi connectivity index (χ3v) is 0. The fourth-order valence-corrected chi connectivity index (χ4v) is 0. The molecule has 0 saturated carbocycles. The first-order chi connectivity index (χ1) is 0. The van der Waals surface area contributed by atoms with Gasteiger partial charge in [-0.15, -0.1) is 0 Å². The summed E-state index contributed by atoms with van der Waals surface area (Å²) in [6, 6.07) is 0. The third kappa shape index (κ3) is 8.88. The van der Waals surface area contributed by atoms with Gasteiger partial charge in [-0.2, -0.15) is 0 Å². The van der Waals surface area contributed by atoms with Crippen molar-refractivity contribution in [2.75, 3.05) is 0 Å². The van der Waals surface area contributed by atoms with E-state index < -0.39 is 0 Å². The summed E-state index contributed by atoms with van der Waals surface area (Å²) in [6.07, 6.45) is 0. The van der Waals surface area contributed by atoms with E-state index in [1.54, 1.807) is 0 Å². The zero-order chi connectivity index (χ0) is 0. The summed E-state index contributed by atoms with van der Waals surface area (Å²) in [5.74, 6) is 0. The van der Waals surface area contributed by atoms with Gasteiger partial charge < -0.3 is 2.85 Å². The van der Waals surface area contributed by atoms with Gasteiger partial charge in [-0.25, -0.2) is 0 Å². The topological polar surface area (TPSA) is 0 Å². The van der Waals surface area contributed by atoms with E-state index in [2.05, 4.69) is 0 Å². The Balaban J connectivity index is 0. The van der Waals surface area contributed by atoms with Crippen molar-refractivity contribution in [3.63, 3.8) is 0 Å². The van der Waals surface area contributed by atoms with E-state index in [-0.39, 0.29) is 93.1 Å². The Kier molecular flexibility index (Phi) is 118. The van der Waals surface area contributed by atoms with Gasteiger partial charge in [-0.1, -0.05) is 0 Å². The molecule has 25 valence electrons. The van der Waals surface area contributed by atoms with Gasteiger partial charge in [-0.05, 0) is 0 Å². The maximum atomic E-state index is 0. The van der Waals surface area contributed by atoms with E-state index in [9.17, 15) is 0 Å². The predicted molar refractivity (Wildman–Crippen MR) is 26.5 cm³/mol. The SMILES string of the molecule is [BiH3].[H-].[H-].[Mg+2].[Mn].[SnH2]. The van der Waals surface area contributed by atoms with E-state index in [4.69, 9.17) is 0 Å². The molecule has 0 atom stereocenters. The maximum absolute atomic E-state index is 0. The minimum atomic E-state index is 0. The third-order valence-electron chi connectivity index (χ3n) is 0. The summed E-state index contributed by atoms with van der Waals surface area (Å²) in [5.41, 5.74) is 0. The number of rotatable bonds is 0. The van der Waals surface area contributed by atoms with Crippen molar-refractivity contribution in [2.24, 2.45) is 0 Å². The second kappa shape index (κ2) is 16.7. The van der Waals surface area contributed by atoms with Gasteiger partial charge in [0, 0.05) is 17.1 Å². The molecule has 4 heavy (non-hydrogen) atoms. The van der Waals surface area contributed by atoms with Gasteiger partial charge >= 0.3 is 73.2 Å². The Labute approximate surface area is 91.5 Å². The summed E-state index contributed by atoms with van der Waals surface area (Å²) < 4.78 is 0. The Morgan fingerprint density at radius 3 is 1.25 bits per heavy atom. The monoisotopic (exact) mass is 415 g/mol. The van der Waals surface area contributed by atoms with Crippen LogP contribution < -0.4 is 0 Å². The van der Waals surface area contributed by atoms with Gasteiger partial charge in [0.2, 0.25) is 0 Å². The van der Waals surface area contributed by atoms with Gasteiger partial charge in [0.1, 0.15) is 0 Å². The molecule has 0 aromatic carbocycles. The van der Waals surface area contributed by atoms with E-state index >= 15 is 0 Å². The van der Waals surface area contributed by atoms with Crippen molar-refractivity contribution in [3.8, 4) is 0 Å². The van der Waals surface area contributed by atoms with Gasteiger partial charge in [-0.3, -0.25) is 0 Å². The summed E-state index contributed by atoms with van der Waals surface area (Å²) in [6.45, 7) is 0. The molecule has 0 aliphatic rings. The molecule has 0 aliphatic heterocycles. The fourth-order valence-electron chi connectivity index (χ4n) is 0. The molecular formula is H7BiMgMnSn. The first kappa shape index (κ1) is 28.2. The minimum absolute atomic E-state index is 0. The molecule has 0 unspecified atom stereocenters. The molecule has 0 saturated heterocycles. The van der Waals surface area contributed by atoms with Gasteiger partial charge in [0.15, 0.2) is 0 Å².